The minimum absolute atomic E-state index is 0.00674. The second-order valence-corrected chi connectivity index (χ2v) is 6.26. The first kappa shape index (κ1) is 16.5. The van der Waals surface area contributed by atoms with Gasteiger partial charge in [0.1, 0.15) is 5.75 Å². The molecule has 3 rings (SSSR count). The molecule has 1 aromatic heterocycles. The van der Waals surface area contributed by atoms with Gasteiger partial charge in [-0.3, -0.25) is 9.59 Å². The first-order valence-corrected chi connectivity index (χ1v) is 8.13. The highest BCUT2D eigenvalue weighted by Gasteiger charge is 2.22. The van der Waals surface area contributed by atoms with E-state index in [0.29, 0.717) is 17.2 Å². The molecule has 7 heteroatoms. The molecule has 1 aliphatic carbocycles. The van der Waals surface area contributed by atoms with Crippen molar-refractivity contribution in [3.63, 3.8) is 0 Å². The minimum atomic E-state index is -0.185. The number of carbonyl (C=O) groups is 1. The Kier molecular flexibility index (Phi) is 4.85. The number of benzene rings is 1. The van der Waals surface area contributed by atoms with E-state index in [2.05, 4.69) is 10.4 Å². The van der Waals surface area contributed by atoms with E-state index in [0.717, 1.165) is 24.1 Å². The summed E-state index contributed by atoms with van der Waals surface area (Å²) in [6, 6.07) is 8.45. The van der Waals surface area contributed by atoms with Gasteiger partial charge in [-0.2, -0.15) is 5.10 Å². The highest BCUT2D eigenvalue weighted by molar-refractivity contribution is 6.30. The Morgan fingerprint density at radius 1 is 1.42 bits per heavy atom. The van der Waals surface area contributed by atoms with Crippen molar-refractivity contribution >= 4 is 17.5 Å². The lowest BCUT2D eigenvalue weighted by Gasteiger charge is -2.24. The summed E-state index contributed by atoms with van der Waals surface area (Å²) in [5.74, 6) is 0.409. The van der Waals surface area contributed by atoms with Crippen LogP contribution in [0.1, 0.15) is 17.7 Å². The molecule has 1 N–H and O–H groups in total. The molecule has 6 nitrogen and oxygen atoms in total. The largest absolute Gasteiger partial charge is 0.484 e. The Bertz CT molecular complexity index is 802. The van der Waals surface area contributed by atoms with Gasteiger partial charge in [-0.1, -0.05) is 11.6 Å². The summed E-state index contributed by atoms with van der Waals surface area (Å²) in [6.45, 7) is -0.0558. The number of hydrogen-bond acceptors (Lipinski definition) is 4. The van der Waals surface area contributed by atoms with Crippen LogP contribution < -0.4 is 15.6 Å². The van der Waals surface area contributed by atoms with E-state index in [1.54, 1.807) is 37.4 Å². The van der Waals surface area contributed by atoms with Gasteiger partial charge in [0.05, 0.1) is 5.69 Å². The molecule has 0 bridgehead atoms. The minimum Gasteiger partial charge on any atom is -0.484 e. The van der Waals surface area contributed by atoms with Crippen LogP contribution in [-0.4, -0.2) is 28.3 Å². The van der Waals surface area contributed by atoms with Gasteiger partial charge >= 0.3 is 0 Å². The summed E-state index contributed by atoms with van der Waals surface area (Å²) in [6.07, 6.45) is 2.16. The molecule has 0 radical (unpaired) electrons. The molecule has 126 valence electrons. The van der Waals surface area contributed by atoms with Gasteiger partial charge in [-0.25, -0.2) is 4.68 Å². The van der Waals surface area contributed by atoms with E-state index in [9.17, 15) is 9.59 Å². The second kappa shape index (κ2) is 7.05. The molecule has 1 amide bonds. The highest BCUT2D eigenvalue weighted by Crippen LogP contribution is 2.18. The van der Waals surface area contributed by atoms with Gasteiger partial charge in [-0.05, 0) is 49.1 Å². The summed E-state index contributed by atoms with van der Waals surface area (Å²) in [4.78, 5) is 23.7. The number of rotatable bonds is 4. The first-order valence-electron chi connectivity index (χ1n) is 7.75. The third-order valence-corrected chi connectivity index (χ3v) is 4.25. The van der Waals surface area contributed by atoms with Crippen LogP contribution in [0.5, 0.6) is 5.75 Å². The Balaban J connectivity index is 1.54. The van der Waals surface area contributed by atoms with Gasteiger partial charge in [0.25, 0.3) is 11.5 Å². The van der Waals surface area contributed by atoms with Crippen LogP contribution in [0.25, 0.3) is 0 Å². The third-order valence-electron chi connectivity index (χ3n) is 4.00. The topological polar surface area (TPSA) is 73.2 Å². The lowest BCUT2D eigenvalue weighted by molar-refractivity contribution is -0.123. The van der Waals surface area contributed by atoms with Crippen molar-refractivity contribution in [3.05, 3.63) is 57.0 Å². The van der Waals surface area contributed by atoms with Crippen LogP contribution in [0, 0.1) is 0 Å². The van der Waals surface area contributed by atoms with Crippen molar-refractivity contribution < 1.29 is 9.53 Å². The molecule has 1 aromatic carbocycles. The summed E-state index contributed by atoms with van der Waals surface area (Å²) in [7, 11) is 1.64. The maximum absolute atomic E-state index is 12.0. The quantitative estimate of drug-likeness (QED) is 0.909. The zero-order chi connectivity index (χ0) is 17.1. The Morgan fingerprint density at radius 3 is 2.92 bits per heavy atom. The van der Waals surface area contributed by atoms with E-state index in [1.165, 1.54) is 4.68 Å². The van der Waals surface area contributed by atoms with Gasteiger partial charge in [0, 0.05) is 24.2 Å². The lowest BCUT2D eigenvalue weighted by Crippen LogP contribution is -2.42. The fraction of sp³-hybridized carbons (Fsp3) is 0.353. The normalized spacial score (nSPS) is 16.3. The lowest BCUT2D eigenvalue weighted by atomic mass is 9.92. The molecule has 0 fully saturated rings. The van der Waals surface area contributed by atoms with Crippen LogP contribution in [0.15, 0.2) is 35.1 Å². The third kappa shape index (κ3) is 3.94. The van der Waals surface area contributed by atoms with Crippen molar-refractivity contribution in [2.45, 2.75) is 25.3 Å². The van der Waals surface area contributed by atoms with Gasteiger partial charge in [0.15, 0.2) is 6.61 Å². The summed E-state index contributed by atoms with van der Waals surface area (Å²) in [5.41, 5.74) is 1.71. The number of halogens is 1. The fourth-order valence-corrected chi connectivity index (χ4v) is 2.88. The van der Waals surface area contributed by atoms with Crippen LogP contribution in [-0.2, 0) is 24.7 Å². The Morgan fingerprint density at radius 2 is 2.17 bits per heavy atom. The van der Waals surface area contributed by atoms with E-state index in [-0.39, 0.29) is 24.1 Å². The molecule has 1 heterocycles. The molecule has 2 aromatic rings. The zero-order valence-corrected chi connectivity index (χ0v) is 14.0. The average Bonchev–Trinajstić information content (AvgIpc) is 2.56. The van der Waals surface area contributed by atoms with E-state index >= 15 is 0 Å². The van der Waals surface area contributed by atoms with Crippen molar-refractivity contribution in [1.29, 1.82) is 0 Å². The molecule has 0 unspecified atom stereocenters. The first-order chi connectivity index (χ1) is 11.5. The SMILES string of the molecule is Cn1nc2c(cc1=O)C[C@@H](NC(=O)COc1ccc(Cl)cc1)CC2. The van der Waals surface area contributed by atoms with Gasteiger partial charge in [-0.15, -0.1) is 0 Å². The molecule has 24 heavy (non-hydrogen) atoms. The van der Waals surface area contributed by atoms with Crippen molar-refractivity contribution in [3.8, 4) is 5.75 Å². The van der Waals surface area contributed by atoms with E-state index < -0.39 is 0 Å². The average molecular weight is 348 g/mol. The monoisotopic (exact) mass is 347 g/mol. The van der Waals surface area contributed by atoms with Crippen LogP contribution >= 0.6 is 11.6 Å². The zero-order valence-electron chi connectivity index (χ0n) is 13.3. The van der Waals surface area contributed by atoms with Crippen molar-refractivity contribution in [2.24, 2.45) is 7.05 Å². The highest BCUT2D eigenvalue weighted by atomic mass is 35.5. The van der Waals surface area contributed by atoms with Crippen LogP contribution in [0.2, 0.25) is 5.02 Å². The number of carbonyl (C=O) groups excluding carboxylic acids is 1. The standard InChI is InChI=1S/C17H18ClN3O3/c1-21-17(23)9-11-8-13(4-7-15(11)20-21)19-16(22)10-24-14-5-2-12(18)3-6-14/h2-3,5-6,9,13H,4,7-8,10H2,1H3,(H,19,22)/t13-/m0/s1. The van der Waals surface area contributed by atoms with E-state index in [1.807, 2.05) is 0 Å². The number of ether oxygens (including phenoxy) is 1. The van der Waals surface area contributed by atoms with Crippen molar-refractivity contribution in [1.82, 2.24) is 15.1 Å². The van der Waals surface area contributed by atoms with Crippen molar-refractivity contribution in [2.75, 3.05) is 6.61 Å². The number of nitrogens with one attached hydrogen (secondary N) is 1. The maximum Gasteiger partial charge on any atom is 0.266 e. The van der Waals surface area contributed by atoms with Crippen LogP contribution in [0.4, 0.5) is 0 Å². The molecular formula is C17H18ClN3O3. The number of amides is 1. The van der Waals surface area contributed by atoms with Gasteiger partial charge in [0.2, 0.25) is 0 Å². The fourth-order valence-electron chi connectivity index (χ4n) is 2.76. The molecule has 0 spiro atoms. The second-order valence-electron chi connectivity index (χ2n) is 5.83. The molecule has 0 aliphatic heterocycles. The Labute approximate surface area is 144 Å². The van der Waals surface area contributed by atoms with Gasteiger partial charge < -0.3 is 10.1 Å². The predicted molar refractivity (Wildman–Crippen MR) is 90.4 cm³/mol. The summed E-state index contributed by atoms with van der Waals surface area (Å²) in [5, 5.41) is 7.83. The molecule has 0 saturated heterocycles. The summed E-state index contributed by atoms with van der Waals surface area (Å²) >= 11 is 5.80. The molecule has 0 saturated carbocycles. The number of nitrogens with zero attached hydrogens (tertiary/aromatic N) is 2. The number of hydrogen-bond donors (Lipinski definition) is 1. The number of aromatic nitrogens is 2. The Hall–Kier alpha value is -2.34. The molecular weight excluding hydrogens is 330 g/mol. The number of aryl methyl sites for hydroxylation is 2. The smallest absolute Gasteiger partial charge is 0.266 e. The van der Waals surface area contributed by atoms with E-state index in [4.69, 9.17) is 16.3 Å². The van der Waals surface area contributed by atoms with Crippen LogP contribution in [0.3, 0.4) is 0 Å². The molecule has 1 aliphatic rings. The number of fused-ring (bicyclic) bond motifs is 1. The maximum atomic E-state index is 12.0. The molecule has 1 atom stereocenters. The predicted octanol–water partition coefficient (Wildman–Crippen LogP) is 1.49. The summed E-state index contributed by atoms with van der Waals surface area (Å²) < 4.78 is 6.78.